The van der Waals surface area contributed by atoms with Gasteiger partial charge in [0, 0.05) is 5.69 Å². The molecule has 1 heterocycles. The Kier molecular flexibility index (Phi) is 4.32. The van der Waals surface area contributed by atoms with Crippen molar-refractivity contribution in [2.45, 2.75) is 0 Å². The summed E-state index contributed by atoms with van der Waals surface area (Å²) in [7, 11) is 0. The van der Waals surface area contributed by atoms with Crippen molar-refractivity contribution in [3.8, 4) is 5.69 Å². The summed E-state index contributed by atoms with van der Waals surface area (Å²) in [5.74, 6) is -1.01. The van der Waals surface area contributed by atoms with Crippen LogP contribution in [0.4, 0.5) is 10.1 Å². The third kappa shape index (κ3) is 3.21. The van der Waals surface area contributed by atoms with Crippen molar-refractivity contribution >= 4 is 34.8 Å². The number of aromatic nitrogens is 2. The molecule has 116 valence electrons. The summed E-state index contributed by atoms with van der Waals surface area (Å²) in [6.07, 6.45) is 1.37. The first-order valence-corrected chi connectivity index (χ1v) is 7.37. The molecule has 0 saturated heterocycles. The predicted molar refractivity (Wildman–Crippen MR) is 87.9 cm³/mol. The number of nitrogens with one attached hydrogen (secondary N) is 1. The molecule has 7 heteroatoms. The molecule has 2 aromatic carbocycles. The number of anilines is 1. The van der Waals surface area contributed by atoms with E-state index in [1.807, 2.05) is 30.3 Å². The number of para-hydroxylation sites is 1. The Labute approximate surface area is 141 Å². The SMILES string of the molecule is O=C(Nc1ccc(F)c(Cl)c1)c1cnn(-c2ccccc2)c1Cl. The maximum atomic E-state index is 13.1. The molecule has 4 nitrogen and oxygen atoms in total. The van der Waals surface area contributed by atoms with Crippen molar-refractivity contribution in [3.05, 3.63) is 76.3 Å². The molecule has 1 amide bonds. The number of nitrogens with zero attached hydrogens (tertiary/aromatic N) is 2. The molecule has 0 unspecified atom stereocenters. The lowest BCUT2D eigenvalue weighted by Crippen LogP contribution is -2.12. The lowest BCUT2D eigenvalue weighted by atomic mass is 10.2. The first kappa shape index (κ1) is 15.5. The number of halogens is 3. The molecule has 0 aliphatic carbocycles. The second-order valence-corrected chi connectivity index (χ2v) is 5.44. The van der Waals surface area contributed by atoms with E-state index >= 15 is 0 Å². The van der Waals surface area contributed by atoms with Crippen LogP contribution in [0, 0.1) is 5.82 Å². The van der Waals surface area contributed by atoms with Gasteiger partial charge in [0.15, 0.2) is 0 Å². The fourth-order valence-corrected chi connectivity index (χ4v) is 2.46. The zero-order valence-corrected chi connectivity index (χ0v) is 13.1. The van der Waals surface area contributed by atoms with Crippen LogP contribution < -0.4 is 5.32 Å². The molecule has 0 radical (unpaired) electrons. The van der Waals surface area contributed by atoms with Crippen LogP contribution in [0.25, 0.3) is 5.69 Å². The summed E-state index contributed by atoms with van der Waals surface area (Å²) in [4.78, 5) is 12.3. The molecule has 1 N–H and O–H groups in total. The fraction of sp³-hybridized carbons (Fsp3) is 0. The van der Waals surface area contributed by atoms with E-state index < -0.39 is 11.7 Å². The number of benzene rings is 2. The molecule has 1 aromatic heterocycles. The van der Waals surface area contributed by atoms with Crippen molar-refractivity contribution < 1.29 is 9.18 Å². The number of amides is 1. The highest BCUT2D eigenvalue weighted by Gasteiger charge is 2.17. The van der Waals surface area contributed by atoms with Gasteiger partial charge in [-0.05, 0) is 30.3 Å². The van der Waals surface area contributed by atoms with E-state index in [1.54, 1.807) is 0 Å². The molecular formula is C16H10Cl2FN3O. The third-order valence-electron chi connectivity index (χ3n) is 3.13. The van der Waals surface area contributed by atoms with Gasteiger partial charge in [0.2, 0.25) is 0 Å². The molecule has 0 aliphatic rings. The summed E-state index contributed by atoms with van der Waals surface area (Å²) in [5.41, 5.74) is 1.31. The topological polar surface area (TPSA) is 46.9 Å². The maximum Gasteiger partial charge on any atom is 0.260 e. The van der Waals surface area contributed by atoms with Gasteiger partial charge in [-0.1, -0.05) is 41.4 Å². The smallest absolute Gasteiger partial charge is 0.260 e. The van der Waals surface area contributed by atoms with Gasteiger partial charge >= 0.3 is 0 Å². The van der Waals surface area contributed by atoms with Crippen LogP contribution in [-0.4, -0.2) is 15.7 Å². The molecular weight excluding hydrogens is 340 g/mol. The van der Waals surface area contributed by atoms with Crippen LogP contribution in [0.5, 0.6) is 0 Å². The second-order valence-electron chi connectivity index (χ2n) is 4.68. The van der Waals surface area contributed by atoms with E-state index in [4.69, 9.17) is 23.2 Å². The van der Waals surface area contributed by atoms with Gasteiger partial charge < -0.3 is 5.32 Å². The Bertz CT molecular complexity index is 865. The van der Waals surface area contributed by atoms with Crippen molar-refractivity contribution in [3.63, 3.8) is 0 Å². The minimum Gasteiger partial charge on any atom is -0.322 e. The zero-order valence-electron chi connectivity index (χ0n) is 11.6. The Balaban J connectivity index is 1.86. The summed E-state index contributed by atoms with van der Waals surface area (Å²) >= 11 is 11.9. The number of rotatable bonds is 3. The van der Waals surface area contributed by atoms with Crippen LogP contribution in [0.1, 0.15) is 10.4 Å². The number of hydrogen-bond donors (Lipinski definition) is 1. The molecule has 3 aromatic rings. The van der Waals surface area contributed by atoms with Crippen molar-refractivity contribution in [2.75, 3.05) is 5.32 Å². The summed E-state index contributed by atoms with van der Waals surface area (Å²) in [6, 6.07) is 13.1. The molecule has 0 fully saturated rings. The van der Waals surface area contributed by atoms with E-state index in [9.17, 15) is 9.18 Å². The minimum atomic E-state index is -0.556. The highest BCUT2D eigenvalue weighted by atomic mass is 35.5. The highest BCUT2D eigenvalue weighted by molar-refractivity contribution is 6.34. The summed E-state index contributed by atoms with van der Waals surface area (Å²) < 4.78 is 14.6. The summed E-state index contributed by atoms with van der Waals surface area (Å²) in [6.45, 7) is 0. The van der Waals surface area contributed by atoms with E-state index in [0.29, 0.717) is 5.69 Å². The predicted octanol–water partition coefficient (Wildman–Crippen LogP) is 4.57. The van der Waals surface area contributed by atoms with Crippen LogP contribution in [-0.2, 0) is 0 Å². The van der Waals surface area contributed by atoms with Gasteiger partial charge in [-0.2, -0.15) is 5.10 Å². The molecule has 0 bridgehead atoms. The lowest BCUT2D eigenvalue weighted by Gasteiger charge is -2.06. The van der Waals surface area contributed by atoms with E-state index in [0.717, 1.165) is 5.69 Å². The van der Waals surface area contributed by atoms with E-state index in [1.165, 1.54) is 29.1 Å². The molecule has 23 heavy (non-hydrogen) atoms. The van der Waals surface area contributed by atoms with Crippen LogP contribution >= 0.6 is 23.2 Å². The Morgan fingerprint density at radius 1 is 1.13 bits per heavy atom. The first-order chi connectivity index (χ1) is 11.1. The maximum absolute atomic E-state index is 13.1. The Morgan fingerprint density at radius 2 is 1.87 bits per heavy atom. The number of hydrogen-bond acceptors (Lipinski definition) is 2. The highest BCUT2D eigenvalue weighted by Crippen LogP contribution is 2.23. The molecule has 3 rings (SSSR count). The zero-order chi connectivity index (χ0) is 16.4. The van der Waals surface area contributed by atoms with Crippen LogP contribution in [0.3, 0.4) is 0 Å². The quantitative estimate of drug-likeness (QED) is 0.752. The minimum absolute atomic E-state index is 0.0751. The Morgan fingerprint density at radius 3 is 2.57 bits per heavy atom. The largest absolute Gasteiger partial charge is 0.322 e. The number of carbonyl (C=O) groups is 1. The van der Waals surface area contributed by atoms with Gasteiger partial charge in [-0.25, -0.2) is 9.07 Å². The molecule has 0 saturated carbocycles. The summed E-state index contributed by atoms with van der Waals surface area (Å²) in [5, 5.41) is 6.83. The van der Waals surface area contributed by atoms with Crippen molar-refractivity contribution in [1.29, 1.82) is 0 Å². The first-order valence-electron chi connectivity index (χ1n) is 6.61. The van der Waals surface area contributed by atoms with Gasteiger partial charge in [0.05, 0.1) is 22.5 Å². The van der Waals surface area contributed by atoms with Crippen LogP contribution in [0.15, 0.2) is 54.7 Å². The Hall–Kier alpha value is -2.37. The standard InChI is InChI=1S/C16H10Cl2FN3O/c17-13-8-10(6-7-14(13)19)21-16(23)12-9-20-22(15(12)18)11-4-2-1-3-5-11/h1-9H,(H,21,23). The average Bonchev–Trinajstić information content (AvgIpc) is 2.93. The number of carbonyl (C=O) groups excluding carboxylic acids is 1. The van der Waals surface area contributed by atoms with Gasteiger partial charge in [-0.3, -0.25) is 4.79 Å². The fourth-order valence-electron chi connectivity index (χ4n) is 2.01. The normalized spacial score (nSPS) is 10.6. The van der Waals surface area contributed by atoms with Crippen molar-refractivity contribution in [2.24, 2.45) is 0 Å². The monoisotopic (exact) mass is 349 g/mol. The van der Waals surface area contributed by atoms with E-state index in [-0.39, 0.29) is 15.7 Å². The molecule has 0 aliphatic heterocycles. The van der Waals surface area contributed by atoms with Gasteiger partial charge in [0.1, 0.15) is 11.0 Å². The van der Waals surface area contributed by atoms with Gasteiger partial charge in [-0.15, -0.1) is 0 Å². The molecule has 0 spiro atoms. The van der Waals surface area contributed by atoms with Crippen molar-refractivity contribution in [1.82, 2.24) is 9.78 Å². The lowest BCUT2D eigenvalue weighted by molar-refractivity contribution is 0.102. The van der Waals surface area contributed by atoms with Crippen LogP contribution in [0.2, 0.25) is 10.2 Å². The molecule has 0 atom stereocenters. The third-order valence-corrected chi connectivity index (χ3v) is 3.79. The second kappa shape index (κ2) is 6.40. The van der Waals surface area contributed by atoms with E-state index in [2.05, 4.69) is 10.4 Å². The van der Waals surface area contributed by atoms with Gasteiger partial charge in [0.25, 0.3) is 5.91 Å². The average molecular weight is 350 g/mol.